The second-order valence-electron chi connectivity index (χ2n) is 19.1. The molecule has 15 heteroatoms. The zero-order valence-corrected chi connectivity index (χ0v) is 41.3. The highest BCUT2D eigenvalue weighted by molar-refractivity contribution is 5.92. The number of nitrogens with one attached hydrogen (secondary N) is 1. The molecule has 2 saturated heterocycles. The lowest BCUT2D eigenvalue weighted by Gasteiger charge is -2.53. The van der Waals surface area contributed by atoms with Crippen molar-refractivity contribution in [3.63, 3.8) is 0 Å². The fraction of sp³-hybridized carbons (Fsp3) is 0.482. The van der Waals surface area contributed by atoms with Crippen molar-refractivity contribution in [3.05, 3.63) is 144 Å². The molecule has 15 nitrogen and oxygen atoms in total. The molecule has 14 atom stereocenters. The van der Waals surface area contributed by atoms with Gasteiger partial charge in [0.25, 0.3) is 5.91 Å². The van der Waals surface area contributed by atoms with Gasteiger partial charge in [-0.05, 0) is 93.5 Å². The van der Waals surface area contributed by atoms with Crippen molar-refractivity contribution < 1.29 is 67.0 Å². The van der Waals surface area contributed by atoms with Crippen LogP contribution in [0.5, 0.6) is 0 Å². The normalized spacial score (nSPS) is 30.0. The third kappa shape index (κ3) is 13.1. The number of hydrogen-bond acceptors (Lipinski definition) is 14. The summed E-state index contributed by atoms with van der Waals surface area (Å²) in [5.41, 5.74) is -0.925. The molecule has 1 aliphatic carbocycles. The zero-order valence-electron chi connectivity index (χ0n) is 41.3. The van der Waals surface area contributed by atoms with E-state index in [-0.39, 0.29) is 47.1 Å². The molecule has 6 unspecified atom stereocenters. The van der Waals surface area contributed by atoms with Crippen molar-refractivity contribution in [2.24, 2.45) is 17.8 Å². The smallest absolute Gasteiger partial charge is 0.338 e. The van der Waals surface area contributed by atoms with Gasteiger partial charge in [0.05, 0.1) is 40.5 Å². The standard InChI is InChI=1S/C56H67NO14/c1-7-21-43(66-51(60)38-24-15-10-16-25-38)49(58)57-42-32-35(4)47(70-54-34(3)30-31-41(8-2)65-54)56(6,63)48(42)71-55-46(69-53(62)40-28-19-12-20-29-40)36(5)45(68-52(61)39-26-17-11-18-27-39)44(67-55)33-64-50(59)37-22-13-9-14-23-37/h9-20,22-29,34-36,41-48,54-55,63H,7-8,21,30-33H2,1-6H3,(H,57,58)/t34?,35-,36-,41?,42+,43-,44?,45+,46?,47?,48+,54-,55-,56?/m0/s1. The van der Waals surface area contributed by atoms with Gasteiger partial charge in [-0.3, -0.25) is 4.79 Å². The van der Waals surface area contributed by atoms with Gasteiger partial charge in [-0.15, -0.1) is 0 Å². The van der Waals surface area contributed by atoms with E-state index in [4.69, 9.17) is 37.9 Å². The molecule has 380 valence electrons. The molecule has 1 saturated carbocycles. The largest absolute Gasteiger partial charge is 0.459 e. The fourth-order valence-electron chi connectivity index (χ4n) is 9.75. The minimum absolute atomic E-state index is 0.00844. The van der Waals surface area contributed by atoms with Crippen LogP contribution in [0.3, 0.4) is 0 Å². The van der Waals surface area contributed by atoms with E-state index in [0.717, 1.165) is 19.3 Å². The van der Waals surface area contributed by atoms with Gasteiger partial charge in [0.1, 0.15) is 30.5 Å². The molecule has 0 aromatic heterocycles. The van der Waals surface area contributed by atoms with Crippen LogP contribution in [0.25, 0.3) is 0 Å². The van der Waals surface area contributed by atoms with Gasteiger partial charge in [-0.25, -0.2) is 19.2 Å². The number of aliphatic hydroxyl groups is 1. The van der Waals surface area contributed by atoms with Gasteiger partial charge < -0.3 is 48.3 Å². The Morgan fingerprint density at radius 1 is 0.648 bits per heavy atom. The third-order valence-electron chi connectivity index (χ3n) is 13.7. The highest BCUT2D eigenvalue weighted by atomic mass is 16.7. The minimum Gasteiger partial charge on any atom is -0.459 e. The molecule has 0 radical (unpaired) electrons. The molecule has 4 aromatic carbocycles. The number of hydrogen-bond donors (Lipinski definition) is 2. The molecule has 3 fully saturated rings. The summed E-state index contributed by atoms with van der Waals surface area (Å²) in [5.74, 6) is -4.73. The van der Waals surface area contributed by atoms with Crippen LogP contribution < -0.4 is 5.32 Å². The second-order valence-corrected chi connectivity index (χ2v) is 19.1. The van der Waals surface area contributed by atoms with Crippen molar-refractivity contribution >= 4 is 29.8 Å². The summed E-state index contributed by atoms with van der Waals surface area (Å²) in [7, 11) is 0. The number of rotatable bonds is 18. The summed E-state index contributed by atoms with van der Waals surface area (Å²) < 4.78 is 51.1. The minimum atomic E-state index is -1.93. The van der Waals surface area contributed by atoms with Crippen LogP contribution in [0, 0.1) is 17.8 Å². The molecule has 3 aliphatic rings. The van der Waals surface area contributed by atoms with Crippen LogP contribution in [0.1, 0.15) is 121 Å². The monoisotopic (exact) mass is 977 g/mol. The lowest BCUT2D eigenvalue weighted by atomic mass is 9.72. The number of ether oxygens (including phenoxy) is 8. The van der Waals surface area contributed by atoms with E-state index < -0.39 is 109 Å². The molecule has 4 aromatic rings. The Balaban J connectivity index is 1.26. The Hall–Kier alpha value is -5.97. The van der Waals surface area contributed by atoms with Crippen molar-refractivity contribution in [2.75, 3.05) is 6.61 Å². The van der Waals surface area contributed by atoms with Gasteiger partial charge in [-0.2, -0.15) is 0 Å². The van der Waals surface area contributed by atoms with Gasteiger partial charge in [0, 0.05) is 11.8 Å². The highest BCUT2D eigenvalue weighted by Gasteiger charge is 2.58. The van der Waals surface area contributed by atoms with Gasteiger partial charge in [0.2, 0.25) is 0 Å². The summed E-state index contributed by atoms with van der Waals surface area (Å²) in [6, 6.07) is 32.3. The summed E-state index contributed by atoms with van der Waals surface area (Å²) in [4.78, 5) is 69.1. The van der Waals surface area contributed by atoms with E-state index >= 15 is 0 Å². The maximum absolute atomic E-state index is 14.5. The fourth-order valence-corrected chi connectivity index (χ4v) is 9.75. The molecule has 2 N–H and O–H groups in total. The first kappa shape index (κ1) is 52.8. The molecule has 0 bridgehead atoms. The quantitative estimate of drug-likeness (QED) is 0.0715. The number of carbonyl (C=O) groups excluding carboxylic acids is 5. The maximum Gasteiger partial charge on any atom is 0.338 e. The van der Waals surface area contributed by atoms with Crippen LogP contribution in [-0.2, 0) is 42.7 Å². The first-order valence-electron chi connectivity index (χ1n) is 24.8. The molecule has 2 aliphatic heterocycles. The average molecular weight is 978 g/mol. The van der Waals surface area contributed by atoms with Crippen molar-refractivity contribution in [2.45, 2.75) is 147 Å². The number of benzene rings is 4. The van der Waals surface area contributed by atoms with Gasteiger partial charge in [0.15, 0.2) is 24.8 Å². The first-order chi connectivity index (χ1) is 34.2. The molecule has 0 spiro atoms. The summed E-state index contributed by atoms with van der Waals surface area (Å²) in [6.45, 7) is 10.7. The van der Waals surface area contributed by atoms with Crippen molar-refractivity contribution in [1.82, 2.24) is 5.32 Å². The summed E-state index contributed by atoms with van der Waals surface area (Å²) in [5, 5.41) is 16.1. The summed E-state index contributed by atoms with van der Waals surface area (Å²) >= 11 is 0. The first-order valence-corrected chi connectivity index (χ1v) is 24.8. The van der Waals surface area contributed by atoms with Gasteiger partial charge in [-0.1, -0.05) is 114 Å². The van der Waals surface area contributed by atoms with Gasteiger partial charge >= 0.3 is 23.9 Å². The summed E-state index contributed by atoms with van der Waals surface area (Å²) in [6.07, 6.45) is -6.12. The Bertz CT molecular complexity index is 2370. The highest BCUT2D eigenvalue weighted by Crippen LogP contribution is 2.43. The van der Waals surface area contributed by atoms with Crippen molar-refractivity contribution in [1.29, 1.82) is 0 Å². The number of esters is 4. The van der Waals surface area contributed by atoms with Crippen LogP contribution in [0.2, 0.25) is 0 Å². The van der Waals surface area contributed by atoms with Crippen LogP contribution in [0.4, 0.5) is 0 Å². The molecule has 71 heavy (non-hydrogen) atoms. The predicted octanol–water partition coefficient (Wildman–Crippen LogP) is 8.28. The van der Waals surface area contributed by atoms with Crippen LogP contribution >= 0.6 is 0 Å². The average Bonchev–Trinajstić information content (AvgIpc) is 3.38. The zero-order chi connectivity index (χ0) is 50.7. The molecular weight excluding hydrogens is 911 g/mol. The Morgan fingerprint density at radius 2 is 1.15 bits per heavy atom. The SMILES string of the molecule is CCC[C@H](OC(=O)c1ccccc1)C(=O)N[C@@H]1C[C@H](C)C(O[C@@H]2OC(CC)CCC2C)C(C)(O)[C@@H]1O[C@@H]1OC(COC(=O)c2ccccc2)[C@H](OC(=O)c2ccccc2)[C@H](C)C1OC(=O)c1ccccc1. The number of carbonyl (C=O) groups is 5. The topological polar surface area (TPSA) is 191 Å². The van der Waals surface area contributed by atoms with Crippen LogP contribution in [0.15, 0.2) is 121 Å². The molecular formula is C56H67NO14. The van der Waals surface area contributed by atoms with E-state index in [0.29, 0.717) is 6.42 Å². The second kappa shape index (κ2) is 24.4. The maximum atomic E-state index is 14.5. The Morgan fingerprint density at radius 3 is 1.69 bits per heavy atom. The van der Waals surface area contributed by atoms with E-state index in [1.807, 2.05) is 27.7 Å². The molecule has 7 rings (SSSR count). The number of amides is 1. The molecule has 1 amide bonds. The van der Waals surface area contributed by atoms with Crippen LogP contribution in [-0.4, -0.2) is 108 Å². The lowest BCUT2D eigenvalue weighted by Crippen LogP contribution is -2.70. The van der Waals surface area contributed by atoms with Crippen molar-refractivity contribution in [3.8, 4) is 0 Å². The van der Waals surface area contributed by atoms with E-state index in [1.54, 1.807) is 135 Å². The lowest BCUT2D eigenvalue weighted by molar-refractivity contribution is -0.340. The predicted molar refractivity (Wildman–Crippen MR) is 260 cm³/mol. The Kier molecular flexibility index (Phi) is 18.2. The Labute approximate surface area is 415 Å². The molecule has 2 heterocycles. The third-order valence-corrected chi connectivity index (χ3v) is 13.7. The van der Waals surface area contributed by atoms with E-state index in [2.05, 4.69) is 5.32 Å². The van der Waals surface area contributed by atoms with E-state index in [1.165, 1.54) is 0 Å². The van der Waals surface area contributed by atoms with E-state index in [9.17, 15) is 29.1 Å².